The Hall–Kier alpha value is -1.56. The van der Waals surface area contributed by atoms with E-state index in [9.17, 15) is 9.18 Å². The zero-order valence-corrected chi connectivity index (χ0v) is 9.89. The number of nitrogens with two attached hydrogens (primary N) is 1. The summed E-state index contributed by atoms with van der Waals surface area (Å²) in [5.41, 5.74) is 6.09. The van der Waals surface area contributed by atoms with Crippen LogP contribution in [0.15, 0.2) is 16.6 Å². The molecule has 0 aliphatic carbocycles. The van der Waals surface area contributed by atoms with Gasteiger partial charge in [0.15, 0.2) is 0 Å². The predicted octanol–water partition coefficient (Wildman–Crippen LogP) is 2.44. The number of methoxy groups -OCH3 is 1. The van der Waals surface area contributed by atoms with Crippen molar-refractivity contribution in [2.24, 2.45) is 0 Å². The minimum atomic E-state index is -0.662. The van der Waals surface area contributed by atoms with Gasteiger partial charge in [-0.1, -0.05) is 15.9 Å². The molecule has 0 amide bonds. The van der Waals surface area contributed by atoms with Crippen molar-refractivity contribution in [2.45, 2.75) is 0 Å². The van der Waals surface area contributed by atoms with Gasteiger partial charge in [0.1, 0.15) is 17.2 Å². The Morgan fingerprint density at radius 2 is 2.25 bits per heavy atom. The van der Waals surface area contributed by atoms with Crippen LogP contribution < -0.4 is 5.73 Å². The molecule has 0 saturated carbocycles. The molecule has 2 rings (SSSR count). The summed E-state index contributed by atoms with van der Waals surface area (Å²) in [4.78, 5) is 14.2. The van der Waals surface area contributed by atoms with Crippen molar-refractivity contribution in [1.82, 2.24) is 4.98 Å². The first-order valence-corrected chi connectivity index (χ1v) is 5.18. The van der Waals surface area contributed by atoms with Crippen LogP contribution in [0.1, 0.15) is 10.4 Å². The van der Waals surface area contributed by atoms with Crippen LogP contribution >= 0.6 is 15.9 Å². The van der Waals surface area contributed by atoms with E-state index in [1.807, 2.05) is 0 Å². The van der Waals surface area contributed by atoms with Gasteiger partial charge < -0.3 is 15.5 Å². The quantitative estimate of drug-likeness (QED) is 0.791. The fraction of sp³-hybridized carbons (Fsp3) is 0.100. The minimum Gasteiger partial charge on any atom is -0.465 e. The lowest BCUT2D eigenvalue weighted by atomic mass is 10.1. The molecule has 4 nitrogen and oxygen atoms in total. The number of ether oxygens (including phenoxy) is 1. The number of esters is 1. The van der Waals surface area contributed by atoms with Crippen molar-refractivity contribution in [2.75, 3.05) is 12.8 Å². The van der Waals surface area contributed by atoms with Gasteiger partial charge in [0.25, 0.3) is 0 Å². The summed E-state index contributed by atoms with van der Waals surface area (Å²) in [6.45, 7) is 0. The molecule has 0 unspecified atom stereocenters. The Morgan fingerprint density at radius 1 is 1.56 bits per heavy atom. The fourth-order valence-corrected chi connectivity index (χ4v) is 2.01. The molecule has 0 bridgehead atoms. The van der Waals surface area contributed by atoms with Gasteiger partial charge in [0.05, 0.1) is 18.0 Å². The highest BCUT2D eigenvalue weighted by Crippen LogP contribution is 2.30. The molecule has 16 heavy (non-hydrogen) atoms. The number of fused-ring (bicyclic) bond motifs is 1. The molecule has 2 aromatic rings. The van der Waals surface area contributed by atoms with Crippen LogP contribution in [0.5, 0.6) is 0 Å². The summed E-state index contributed by atoms with van der Waals surface area (Å²) in [7, 11) is 1.22. The first kappa shape index (κ1) is 10.9. The van der Waals surface area contributed by atoms with E-state index >= 15 is 0 Å². The standard InChI is InChI=1S/C10H8BrFN2O2/c1-16-10(15)8-7-5(12)2-4(11)3-6(7)14-9(8)13/h2-3,14H,13H2,1H3. The van der Waals surface area contributed by atoms with Crippen molar-refractivity contribution in [3.05, 3.63) is 28.0 Å². The maximum atomic E-state index is 13.7. The summed E-state index contributed by atoms with van der Waals surface area (Å²) in [6.07, 6.45) is 0. The van der Waals surface area contributed by atoms with Crippen molar-refractivity contribution < 1.29 is 13.9 Å². The molecule has 0 aliphatic heterocycles. The lowest BCUT2D eigenvalue weighted by Gasteiger charge is -1.99. The Morgan fingerprint density at radius 3 is 2.88 bits per heavy atom. The van der Waals surface area contributed by atoms with Gasteiger partial charge in [-0.25, -0.2) is 9.18 Å². The summed E-state index contributed by atoms with van der Waals surface area (Å²) in [5, 5.41) is 0.146. The largest absolute Gasteiger partial charge is 0.465 e. The van der Waals surface area contributed by atoms with E-state index in [0.717, 1.165) is 0 Å². The van der Waals surface area contributed by atoms with E-state index in [1.54, 1.807) is 6.07 Å². The fourth-order valence-electron chi connectivity index (χ4n) is 1.58. The van der Waals surface area contributed by atoms with Crippen molar-refractivity contribution >= 4 is 38.6 Å². The van der Waals surface area contributed by atoms with E-state index in [2.05, 4.69) is 25.7 Å². The maximum absolute atomic E-state index is 13.7. The maximum Gasteiger partial charge on any atom is 0.342 e. The molecular formula is C10H8BrFN2O2. The van der Waals surface area contributed by atoms with Gasteiger partial charge in [0, 0.05) is 4.47 Å². The summed E-state index contributed by atoms with van der Waals surface area (Å²) in [6, 6.07) is 2.91. The molecule has 0 fully saturated rings. The van der Waals surface area contributed by atoms with E-state index in [0.29, 0.717) is 9.99 Å². The lowest BCUT2D eigenvalue weighted by molar-refractivity contribution is 0.0604. The molecule has 0 aliphatic rings. The van der Waals surface area contributed by atoms with Crippen LogP contribution in [0.2, 0.25) is 0 Å². The molecule has 1 aromatic carbocycles. The van der Waals surface area contributed by atoms with Crippen LogP contribution in [0.3, 0.4) is 0 Å². The highest BCUT2D eigenvalue weighted by atomic mass is 79.9. The normalized spacial score (nSPS) is 10.7. The van der Waals surface area contributed by atoms with Gasteiger partial charge in [-0.15, -0.1) is 0 Å². The van der Waals surface area contributed by atoms with Gasteiger partial charge in [-0.2, -0.15) is 0 Å². The van der Waals surface area contributed by atoms with Gasteiger partial charge in [-0.3, -0.25) is 0 Å². The second-order valence-corrected chi connectivity index (χ2v) is 4.13. The topological polar surface area (TPSA) is 68.1 Å². The zero-order chi connectivity index (χ0) is 11.9. The van der Waals surface area contributed by atoms with Crippen LogP contribution in [0.4, 0.5) is 10.2 Å². The number of H-pyrrole nitrogens is 1. The van der Waals surface area contributed by atoms with E-state index in [4.69, 9.17) is 5.73 Å². The number of nitrogens with one attached hydrogen (secondary N) is 1. The highest BCUT2D eigenvalue weighted by Gasteiger charge is 2.20. The van der Waals surface area contributed by atoms with Crippen molar-refractivity contribution in [3.8, 4) is 0 Å². The summed E-state index contributed by atoms with van der Waals surface area (Å²) in [5.74, 6) is -1.10. The number of benzene rings is 1. The van der Waals surface area contributed by atoms with Crippen LogP contribution in [0.25, 0.3) is 10.9 Å². The number of nitrogen functional groups attached to an aromatic ring is 1. The first-order valence-electron chi connectivity index (χ1n) is 4.39. The number of hydrogen-bond acceptors (Lipinski definition) is 3. The molecule has 3 N–H and O–H groups in total. The molecule has 1 aromatic heterocycles. The molecule has 0 saturated heterocycles. The number of hydrogen-bond donors (Lipinski definition) is 2. The number of halogens is 2. The average Bonchev–Trinajstić information content (AvgIpc) is 2.53. The van der Waals surface area contributed by atoms with Crippen LogP contribution in [-0.2, 0) is 4.74 Å². The van der Waals surface area contributed by atoms with Gasteiger partial charge >= 0.3 is 5.97 Å². The number of aromatic nitrogens is 1. The molecule has 84 valence electrons. The Kier molecular flexibility index (Phi) is 2.59. The summed E-state index contributed by atoms with van der Waals surface area (Å²) < 4.78 is 18.8. The summed E-state index contributed by atoms with van der Waals surface area (Å²) >= 11 is 3.15. The number of aromatic amines is 1. The SMILES string of the molecule is COC(=O)c1c(N)[nH]c2cc(Br)cc(F)c12. The highest BCUT2D eigenvalue weighted by molar-refractivity contribution is 9.10. The third kappa shape index (κ3) is 1.55. The van der Waals surface area contributed by atoms with E-state index in [1.165, 1.54) is 13.2 Å². The smallest absolute Gasteiger partial charge is 0.342 e. The number of anilines is 1. The Labute approximate surface area is 98.7 Å². The second-order valence-electron chi connectivity index (χ2n) is 3.22. The molecule has 0 radical (unpaired) electrons. The average molecular weight is 287 g/mol. The molecule has 6 heteroatoms. The molecular weight excluding hydrogens is 279 g/mol. The number of carbonyl (C=O) groups excluding carboxylic acids is 1. The molecule has 0 atom stereocenters. The van der Waals surface area contributed by atoms with E-state index < -0.39 is 11.8 Å². The zero-order valence-electron chi connectivity index (χ0n) is 8.30. The van der Waals surface area contributed by atoms with Gasteiger partial charge in [0.2, 0.25) is 0 Å². The Bertz CT molecular complexity index is 580. The molecule has 1 heterocycles. The number of carbonyl (C=O) groups is 1. The molecule has 0 spiro atoms. The van der Waals surface area contributed by atoms with Gasteiger partial charge in [-0.05, 0) is 12.1 Å². The third-order valence-electron chi connectivity index (χ3n) is 2.23. The Balaban J connectivity index is 2.84. The second kappa shape index (κ2) is 3.79. The predicted molar refractivity (Wildman–Crippen MR) is 61.7 cm³/mol. The van der Waals surface area contributed by atoms with Crippen molar-refractivity contribution in [1.29, 1.82) is 0 Å². The monoisotopic (exact) mass is 286 g/mol. The van der Waals surface area contributed by atoms with E-state index in [-0.39, 0.29) is 16.8 Å². The number of rotatable bonds is 1. The van der Waals surface area contributed by atoms with Crippen LogP contribution in [-0.4, -0.2) is 18.1 Å². The lowest BCUT2D eigenvalue weighted by Crippen LogP contribution is -2.04. The first-order chi connectivity index (χ1) is 7.54. The van der Waals surface area contributed by atoms with Crippen molar-refractivity contribution in [3.63, 3.8) is 0 Å². The minimum absolute atomic E-state index is 0.0301. The third-order valence-corrected chi connectivity index (χ3v) is 2.69. The van der Waals surface area contributed by atoms with Crippen LogP contribution in [0, 0.1) is 5.82 Å².